The van der Waals surface area contributed by atoms with Crippen LogP contribution in [0.2, 0.25) is 0 Å². The van der Waals surface area contributed by atoms with Crippen molar-refractivity contribution in [2.75, 3.05) is 58.1 Å². The van der Waals surface area contributed by atoms with Gasteiger partial charge < -0.3 is 19.1 Å². The molecule has 0 N–H and O–H groups in total. The molecule has 0 saturated carbocycles. The molecule has 5 heterocycles. The normalized spacial score (nSPS) is 18.3. The number of hydrogen-bond donors (Lipinski definition) is 0. The summed E-state index contributed by atoms with van der Waals surface area (Å²) in [7, 11) is 1.63. The number of methoxy groups -OCH3 is 1. The van der Waals surface area contributed by atoms with Crippen molar-refractivity contribution in [3.05, 3.63) is 68.5 Å². The Morgan fingerprint density at radius 1 is 1.12 bits per heavy atom. The lowest BCUT2D eigenvalue weighted by atomic mass is 10.1. The molecule has 214 valence electrons. The maximum atomic E-state index is 13.8. The van der Waals surface area contributed by atoms with E-state index in [9.17, 15) is 9.59 Å². The molecule has 2 fully saturated rings. The maximum absolute atomic E-state index is 13.8. The van der Waals surface area contributed by atoms with Crippen molar-refractivity contribution in [3.8, 4) is 11.5 Å². The van der Waals surface area contributed by atoms with E-state index in [-0.39, 0.29) is 18.3 Å². The van der Waals surface area contributed by atoms with Gasteiger partial charge in [-0.1, -0.05) is 36.1 Å². The number of aromatic nitrogens is 2. The monoisotopic (exact) mass is 593 g/mol. The minimum absolute atomic E-state index is 0.190. The fraction of sp³-hybridized carbons (Fsp3) is 0.379. The molecule has 12 heteroatoms. The van der Waals surface area contributed by atoms with Crippen molar-refractivity contribution < 1.29 is 19.0 Å². The van der Waals surface area contributed by atoms with Crippen LogP contribution in [-0.4, -0.2) is 82.6 Å². The van der Waals surface area contributed by atoms with E-state index in [4.69, 9.17) is 31.4 Å². The Kier molecular flexibility index (Phi) is 7.98. The fourth-order valence-electron chi connectivity index (χ4n) is 5.27. The van der Waals surface area contributed by atoms with Crippen molar-refractivity contribution in [2.24, 2.45) is 0 Å². The van der Waals surface area contributed by atoms with Gasteiger partial charge in [0.15, 0.2) is 11.5 Å². The molecule has 0 unspecified atom stereocenters. The van der Waals surface area contributed by atoms with E-state index < -0.39 is 0 Å². The van der Waals surface area contributed by atoms with Crippen LogP contribution in [0.1, 0.15) is 23.1 Å². The maximum Gasteiger partial charge on any atom is 0.267 e. The number of piperazine rings is 1. The minimum Gasteiger partial charge on any atom is -0.454 e. The van der Waals surface area contributed by atoms with E-state index in [2.05, 4.69) is 15.9 Å². The molecule has 0 bridgehead atoms. The lowest BCUT2D eigenvalue weighted by Gasteiger charge is -2.36. The third kappa shape index (κ3) is 5.56. The number of anilines is 1. The Labute approximate surface area is 247 Å². The number of carbonyl (C=O) groups is 1. The van der Waals surface area contributed by atoms with Gasteiger partial charge in [0.1, 0.15) is 15.8 Å². The molecule has 0 spiro atoms. The van der Waals surface area contributed by atoms with Gasteiger partial charge in [0.05, 0.1) is 10.5 Å². The third-order valence-electron chi connectivity index (χ3n) is 7.46. The second-order valence-electron chi connectivity index (χ2n) is 10.2. The predicted molar refractivity (Wildman–Crippen MR) is 163 cm³/mol. The number of thiocarbonyl (C=S) groups is 1. The number of rotatable bonds is 8. The van der Waals surface area contributed by atoms with Crippen LogP contribution >= 0.6 is 24.0 Å². The molecule has 10 nitrogen and oxygen atoms in total. The van der Waals surface area contributed by atoms with Gasteiger partial charge in [-0.2, -0.15) is 0 Å². The Bertz CT molecular complexity index is 1600. The summed E-state index contributed by atoms with van der Waals surface area (Å²) in [5.74, 6) is 1.97. The smallest absolute Gasteiger partial charge is 0.267 e. The quantitative estimate of drug-likeness (QED) is 0.220. The molecule has 3 aliphatic heterocycles. The molecule has 2 saturated heterocycles. The zero-order chi connectivity index (χ0) is 28.5. The predicted octanol–water partition coefficient (Wildman–Crippen LogP) is 3.29. The van der Waals surface area contributed by atoms with Gasteiger partial charge >= 0.3 is 0 Å². The number of thioether (sulfide) groups is 1. The first-order valence-corrected chi connectivity index (χ1v) is 14.8. The number of carbonyl (C=O) groups excluding carboxylic acids is 1. The molecule has 0 radical (unpaired) electrons. The van der Waals surface area contributed by atoms with E-state index in [1.165, 1.54) is 11.8 Å². The molecule has 41 heavy (non-hydrogen) atoms. The average Bonchev–Trinajstić information content (AvgIpc) is 3.54. The molecule has 6 rings (SSSR count). The number of pyridine rings is 1. The summed E-state index contributed by atoms with van der Waals surface area (Å²) < 4.78 is 18.1. The largest absolute Gasteiger partial charge is 0.454 e. The third-order valence-corrected chi connectivity index (χ3v) is 8.84. The number of fused-ring (bicyclic) bond motifs is 2. The van der Waals surface area contributed by atoms with E-state index in [1.54, 1.807) is 28.7 Å². The molecular formula is C29H31N5O5S2. The summed E-state index contributed by atoms with van der Waals surface area (Å²) in [6, 6.07) is 9.83. The topological polar surface area (TPSA) is 88.8 Å². The fourth-order valence-corrected chi connectivity index (χ4v) is 6.56. The minimum atomic E-state index is -0.207. The van der Waals surface area contributed by atoms with Crippen LogP contribution in [0.5, 0.6) is 11.5 Å². The van der Waals surface area contributed by atoms with Gasteiger partial charge in [0.25, 0.3) is 11.5 Å². The highest BCUT2D eigenvalue weighted by Gasteiger charge is 2.33. The number of benzene rings is 1. The summed E-state index contributed by atoms with van der Waals surface area (Å²) in [5.41, 5.74) is 2.87. The number of amides is 1. The van der Waals surface area contributed by atoms with Gasteiger partial charge in [-0.05, 0) is 48.7 Å². The van der Waals surface area contributed by atoms with E-state index >= 15 is 0 Å². The van der Waals surface area contributed by atoms with Crippen molar-refractivity contribution in [3.63, 3.8) is 0 Å². The molecular weight excluding hydrogens is 562 g/mol. The lowest BCUT2D eigenvalue weighted by Crippen LogP contribution is -2.47. The van der Waals surface area contributed by atoms with Crippen molar-refractivity contribution in [1.29, 1.82) is 0 Å². The van der Waals surface area contributed by atoms with E-state index in [1.807, 2.05) is 31.2 Å². The van der Waals surface area contributed by atoms with Gasteiger partial charge in [-0.3, -0.25) is 23.8 Å². The van der Waals surface area contributed by atoms with Crippen LogP contribution < -0.4 is 19.9 Å². The second-order valence-corrected chi connectivity index (χ2v) is 11.8. The van der Waals surface area contributed by atoms with Gasteiger partial charge in [-0.15, -0.1) is 0 Å². The molecule has 3 aliphatic rings. The summed E-state index contributed by atoms with van der Waals surface area (Å²) in [4.78, 5) is 38.6. The van der Waals surface area contributed by atoms with Crippen LogP contribution in [0, 0.1) is 6.92 Å². The Morgan fingerprint density at radius 3 is 2.73 bits per heavy atom. The Morgan fingerprint density at radius 2 is 1.93 bits per heavy atom. The van der Waals surface area contributed by atoms with Crippen LogP contribution in [0.15, 0.2) is 46.2 Å². The molecule has 1 amide bonds. The first-order valence-electron chi connectivity index (χ1n) is 13.5. The average molecular weight is 594 g/mol. The molecule has 3 aromatic rings. The van der Waals surface area contributed by atoms with Crippen LogP contribution in [0.25, 0.3) is 11.7 Å². The molecule has 0 atom stereocenters. The first kappa shape index (κ1) is 27.7. The Hall–Kier alpha value is -3.45. The van der Waals surface area contributed by atoms with Crippen molar-refractivity contribution in [1.82, 2.24) is 19.2 Å². The number of hydrogen-bond acceptors (Lipinski definition) is 10. The second kappa shape index (κ2) is 11.8. The van der Waals surface area contributed by atoms with E-state index in [0.717, 1.165) is 42.3 Å². The van der Waals surface area contributed by atoms with Crippen LogP contribution in [0.4, 0.5) is 5.82 Å². The summed E-state index contributed by atoms with van der Waals surface area (Å²) in [6.07, 6.45) is 4.07. The molecule has 0 aliphatic carbocycles. The van der Waals surface area contributed by atoms with Crippen molar-refractivity contribution >= 4 is 51.7 Å². The van der Waals surface area contributed by atoms with Gasteiger partial charge in [0.2, 0.25) is 6.79 Å². The standard InChI is InChI=1S/C29H31N5O5S2/c1-19-5-3-8-33-25(19)30-26(21(27(33)35)16-24-28(36)34(29(40)41-24)9-4-14-37-2)32-12-10-31(11-13-32)17-20-6-7-22-23(15-20)39-18-38-22/h3,5-8,15-16H,4,9-14,17-18H2,1-2H3/b24-16-. The summed E-state index contributed by atoms with van der Waals surface area (Å²) in [6.45, 7) is 6.98. The lowest BCUT2D eigenvalue weighted by molar-refractivity contribution is -0.122. The highest BCUT2D eigenvalue weighted by atomic mass is 32.2. The van der Waals surface area contributed by atoms with Crippen LogP contribution in [-0.2, 0) is 16.1 Å². The number of ether oxygens (including phenoxy) is 3. The number of nitrogens with zero attached hydrogens (tertiary/aromatic N) is 5. The molecule has 2 aromatic heterocycles. The van der Waals surface area contributed by atoms with Gasteiger partial charge in [-0.25, -0.2) is 4.98 Å². The SMILES string of the molecule is COCCCN1C(=O)/C(=C/c2c(N3CCN(Cc4ccc5c(c4)OCO5)CC3)nc3c(C)cccn3c2=O)SC1=S. The zero-order valence-corrected chi connectivity index (χ0v) is 24.6. The first-order chi connectivity index (χ1) is 19.9. The Balaban J connectivity index is 1.27. The van der Waals surface area contributed by atoms with E-state index in [0.29, 0.717) is 58.9 Å². The van der Waals surface area contributed by atoms with Crippen LogP contribution in [0.3, 0.4) is 0 Å². The van der Waals surface area contributed by atoms with Crippen molar-refractivity contribution in [2.45, 2.75) is 19.9 Å². The highest BCUT2D eigenvalue weighted by Crippen LogP contribution is 2.35. The zero-order valence-electron chi connectivity index (χ0n) is 23.0. The van der Waals surface area contributed by atoms with Gasteiger partial charge in [0, 0.05) is 59.2 Å². The molecule has 1 aromatic carbocycles. The summed E-state index contributed by atoms with van der Waals surface area (Å²) >= 11 is 6.72. The number of aryl methyl sites for hydroxylation is 1. The highest BCUT2D eigenvalue weighted by molar-refractivity contribution is 8.26. The summed E-state index contributed by atoms with van der Waals surface area (Å²) in [5, 5.41) is 0.